The van der Waals surface area contributed by atoms with E-state index in [-0.39, 0.29) is 11.9 Å². The molecule has 0 aromatic carbocycles. The molecule has 1 amide bonds. The Morgan fingerprint density at radius 2 is 2.09 bits per heavy atom. The Balaban J connectivity index is 1.51. The van der Waals surface area contributed by atoms with Crippen LogP contribution in [-0.2, 0) is 11.2 Å². The van der Waals surface area contributed by atoms with E-state index in [9.17, 15) is 9.90 Å². The van der Waals surface area contributed by atoms with Gasteiger partial charge in [-0.25, -0.2) is 0 Å². The number of hydrogen-bond donors (Lipinski definition) is 1. The van der Waals surface area contributed by atoms with E-state index in [0.29, 0.717) is 25.9 Å². The zero-order valence-electron chi connectivity index (χ0n) is 13.0. The molecule has 1 aromatic rings. The summed E-state index contributed by atoms with van der Waals surface area (Å²) < 4.78 is 0. The molecular weight excluding hydrogens is 278 g/mol. The molecule has 0 spiro atoms. The van der Waals surface area contributed by atoms with Crippen LogP contribution >= 0.6 is 0 Å². The van der Waals surface area contributed by atoms with Gasteiger partial charge < -0.3 is 10.0 Å². The monoisotopic (exact) mass is 303 g/mol. The highest BCUT2D eigenvalue weighted by Gasteiger charge is 2.37. The van der Waals surface area contributed by atoms with Crippen molar-refractivity contribution in [2.75, 3.05) is 26.2 Å². The van der Waals surface area contributed by atoms with Crippen molar-refractivity contribution < 1.29 is 9.90 Å². The largest absolute Gasteiger partial charge is 0.390 e. The molecule has 22 heavy (non-hydrogen) atoms. The molecule has 120 valence electrons. The minimum absolute atomic E-state index is 0.127. The van der Waals surface area contributed by atoms with Crippen LogP contribution in [0.4, 0.5) is 0 Å². The Hall–Kier alpha value is -1.46. The fourth-order valence-electron chi connectivity index (χ4n) is 3.54. The van der Waals surface area contributed by atoms with Crippen LogP contribution in [0.15, 0.2) is 24.5 Å². The van der Waals surface area contributed by atoms with Crippen LogP contribution in [0.25, 0.3) is 0 Å². The van der Waals surface area contributed by atoms with Crippen LogP contribution in [-0.4, -0.2) is 64.1 Å². The number of pyridine rings is 1. The second kappa shape index (κ2) is 7.20. The summed E-state index contributed by atoms with van der Waals surface area (Å²) in [7, 11) is 0. The molecule has 3 rings (SSSR count). The number of aromatic nitrogens is 1. The lowest BCUT2D eigenvalue weighted by Gasteiger charge is -2.33. The number of aliphatic hydroxyl groups is 1. The van der Waals surface area contributed by atoms with Crippen LogP contribution < -0.4 is 0 Å². The van der Waals surface area contributed by atoms with Crippen molar-refractivity contribution in [3.63, 3.8) is 0 Å². The molecule has 0 bridgehead atoms. The van der Waals surface area contributed by atoms with E-state index < -0.39 is 6.10 Å². The Kier molecular flexibility index (Phi) is 5.05. The van der Waals surface area contributed by atoms with Crippen molar-refractivity contribution in [3.8, 4) is 0 Å². The van der Waals surface area contributed by atoms with Gasteiger partial charge in [0.15, 0.2) is 0 Å². The number of carbonyl (C=O) groups is 1. The molecule has 1 aromatic heterocycles. The van der Waals surface area contributed by atoms with Gasteiger partial charge in [-0.15, -0.1) is 0 Å². The van der Waals surface area contributed by atoms with Crippen molar-refractivity contribution in [2.45, 2.75) is 44.2 Å². The first-order chi connectivity index (χ1) is 10.7. The van der Waals surface area contributed by atoms with Gasteiger partial charge >= 0.3 is 0 Å². The van der Waals surface area contributed by atoms with E-state index in [4.69, 9.17) is 0 Å². The lowest BCUT2D eigenvalue weighted by atomic mass is 10.1. The minimum Gasteiger partial charge on any atom is -0.390 e. The van der Waals surface area contributed by atoms with E-state index in [0.717, 1.165) is 18.7 Å². The molecule has 5 heteroatoms. The van der Waals surface area contributed by atoms with Crippen LogP contribution in [0.1, 0.15) is 31.2 Å². The van der Waals surface area contributed by atoms with Gasteiger partial charge in [0.05, 0.1) is 12.1 Å². The van der Waals surface area contributed by atoms with Gasteiger partial charge in [0.2, 0.25) is 5.91 Å². The number of hydrogen-bond acceptors (Lipinski definition) is 4. The average molecular weight is 303 g/mol. The summed E-state index contributed by atoms with van der Waals surface area (Å²) in [4.78, 5) is 20.6. The summed E-state index contributed by atoms with van der Waals surface area (Å²) in [6.07, 6.45) is 8.05. The van der Waals surface area contributed by atoms with Gasteiger partial charge in [-0.2, -0.15) is 0 Å². The number of rotatable bonds is 4. The molecule has 5 nitrogen and oxygen atoms in total. The highest BCUT2D eigenvalue weighted by Crippen LogP contribution is 2.21. The van der Waals surface area contributed by atoms with Crippen molar-refractivity contribution in [1.82, 2.24) is 14.8 Å². The first-order valence-electron chi connectivity index (χ1n) is 8.33. The predicted molar refractivity (Wildman–Crippen MR) is 84.4 cm³/mol. The van der Waals surface area contributed by atoms with Gasteiger partial charge in [-0.3, -0.25) is 14.7 Å². The number of amides is 1. The summed E-state index contributed by atoms with van der Waals surface area (Å²) in [5.74, 6) is 0.141. The second-order valence-electron chi connectivity index (χ2n) is 6.39. The van der Waals surface area contributed by atoms with Gasteiger partial charge in [-0.05, 0) is 44.0 Å². The molecule has 3 heterocycles. The fraction of sp³-hybridized carbons (Fsp3) is 0.647. The molecule has 0 aliphatic carbocycles. The highest BCUT2D eigenvalue weighted by atomic mass is 16.3. The number of aryl methyl sites for hydroxylation is 1. The summed E-state index contributed by atoms with van der Waals surface area (Å²) >= 11 is 0. The summed E-state index contributed by atoms with van der Waals surface area (Å²) in [5, 5.41) is 10.3. The van der Waals surface area contributed by atoms with E-state index in [1.807, 2.05) is 23.2 Å². The van der Waals surface area contributed by atoms with E-state index in [1.165, 1.54) is 19.3 Å². The van der Waals surface area contributed by atoms with Crippen LogP contribution in [0.2, 0.25) is 0 Å². The molecule has 1 N–H and O–H groups in total. The SMILES string of the molecule is O=C(CCc1cccnc1)N1CC(O)C(N2CCCCC2)C1. The average Bonchev–Trinajstić information content (AvgIpc) is 2.96. The summed E-state index contributed by atoms with van der Waals surface area (Å²) in [6.45, 7) is 3.26. The number of nitrogens with zero attached hydrogens (tertiary/aromatic N) is 3. The summed E-state index contributed by atoms with van der Waals surface area (Å²) in [5.41, 5.74) is 1.09. The van der Waals surface area contributed by atoms with Gasteiger partial charge in [0.25, 0.3) is 0 Å². The number of carbonyl (C=O) groups excluding carboxylic acids is 1. The lowest BCUT2D eigenvalue weighted by molar-refractivity contribution is -0.130. The second-order valence-corrected chi connectivity index (χ2v) is 6.39. The predicted octanol–water partition coefficient (Wildman–Crippen LogP) is 1.07. The van der Waals surface area contributed by atoms with Gasteiger partial charge in [0, 0.05) is 31.9 Å². The minimum atomic E-state index is -0.402. The van der Waals surface area contributed by atoms with Crippen molar-refractivity contribution in [1.29, 1.82) is 0 Å². The molecule has 2 atom stereocenters. The van der Waals surface area contributed by atoms with Crippen LogP contribution in [0.3, 0.4) is 0 Å². The maximum absolute atomic E-state index is 12.4. The quantitative estimate of drug-likeness (QED) is 0.904. The van der Waals surface area contributed by atoms with Gasteiger partial charge in [-0.1, -0.05) is 12.5 Å². The third-order valence-electron chi connectivity index (χ3n) is 4.82. The number of likely N-dealkylation sites (tertiary alicyclic amines) is 2. The first kappa shape index (κ1) is 15.4. The molecule has 0 saturated carbocycles. The van der Waals surface area contributed by atoms with E-state index in [2.05, 4.69) is 9.88 Å². The fourth-order valence-corrected chi connectivity index (χ4v) is 3.54. The molecule has 2 saturated heterocycles. The normalized spacial score (nSPS) is 26.3. The number of β-amino-alcohol motifs (C(OH)–C–C–N with tert-alkyl or cyclic N) is 1. The lowest BCUT2D eigenvalue weighted by Crippen LogP contribution is -2.46. The maximum atomic E-state index is 12.4. The smallest absolute Gasteiger partial charge is 0.223 e. The molecule has 2 fully saturated rings. The molecule has 0 radical (unpaired) electrons. The first-order valence-corrected chi connectivity index (χ1v) is 8.33. The zero-order chi connectivity index (χ0) is 15.4. The van der Waals surface area contributed by atoms with Crippen molar-refractivity contribution >= 4 is 5.91 Å². The van der Waals surface area contributed by atoms with Crippen LogP contribution in [0.5, 0.6) is 0 Å². The number of aliphatic hydroxyl groups excluding tert-OH is 1. The molecule has 2 aliphatic rings. The Labute approximate surface area is 131 Å². The highest BCUT2D eigenvalue weighted by molar-refractivity contribution is 5.77. The molecular formula is C17H25N3O2. The molecule has 2 unspecified atom stereocenters. The van der Waals surface area contributed by atoms with Crippen molar-refractivity contribution in [3.05, 3.63) is 30.1 Å². The van der Waals surface area contributed by atoms with E-state index in [1.54, 1.807) is 6.20 Å². The van der Waals surface area contributed by atoms with Crippen LogP contribution in [0, 0.1) is 0 Å². The summed E-state index contributed by atoms with van der Waals surface area (Å²) in [6, 6.07) is 4.02. The van der Waals surface area contributed by atoms with Crippen molar-refractivity contribution in [2.24, 2.45) is 0 Å². The zero-order valence-corrected chi connectivity index (χ0v) is 13.0. The molecule has 2 aliphatic heterocycles. The van der Waals surface area contributed by atoms with E-state index >= 15 is 0 Å². The number of piperidine rings is 1. The Morgan fingerprint density at radius 3 is 2.82 bits per heavy atom. The third-order valence-corrected chi connectivity index (χ3v) is 4.82. The topological polar surface area (TPSA) is 56.7 Å². The Bertz CT molecular complexity index is 488. The third kappa shape index (κ3) is 3.65. The Morgan fingerprint density at radius 1 is 1.27 bits per heavy atom. The van der Waals surface area contributed by atoms with Gasteiger partial charge in [0.1, 0.15) is 0 Å². The maximum Gasteiger partial charge on any atom is 0.223 e. The standard InChI is InChI=1S/C17H25N3O2/c21-16-13-20(12-15(16)19-9-2-1-3-10-19)17(22)7-6-14-5-4-8-18-11-14/h4-5,8,11,15-16,21H,1-3,6-7,9-10,12-13H2.